The van der Waals surface area contributed by atoms with Gasteiger partial charge in [0.15, 0.2) is 0 Å². The zero-order valence-corrected chi connectivity index (χ0v) is 20.1. The topological polar surface area (TPSA) is 50.8 Å². The molecule has 1 aliphatic rings. The number of halogens is 1. The number of carbonyl (C=O) groups excluding carboxylic acids is 1. The molecule has 0 spiro atoms. The van der Waals surface area contributed by atoms with Crippen LogP contribution in [-0.4, -0.2) is 56.5 Å². The third-order valence-electron chi connectivity index (χ3n) is 5.29. The third-order valence-corrected chi connectivity index (χ3v) is 7.31. The fraction of sp³-hybridized carbons (Fsp3) is 0.435. The molecule has 1 N–H and O–H groups in total. The van der Waals surface area contributed by atoms with E-state index < -0.39 is 0 Å². The number of methoxy groups -OCH3 is 1. The second-order valence-electron chi connectivity index (χ2n) is 7.40. The zero-order chi connectivity index (χ0) is 21.5. The second kappa shape index (κ2) is 11.2. The van der Waals surface area contributed by atoms with Crippen LogP contribution in [0.25, 0.3) is 0 Å². The van der Waals surface area contributed by atoms with E-state index in [0.29, 0.717) is 12.3 Å². The van der Waals surface area contributed by atoms with E-state index in [-0.39, 0.29) is 11.9 Å². The fourth-order valence-electron chi connectivity index (χ4n) is 3.49. The van der Waals surface area contributed by atoms with Crippen LogP contribution in [0.2, 0.25) is 0 Å². The molecule has 1 aliphatic heterocycles. The Hall–Kier alpha value is -1.54. The molecule has 0 unspecified atom stereocenters. The lowest BCUT2D eigenvalue weighted by Gasteiger charge is -2.35. The maximum Gasteiger partial charge on any atom is 0.230 e. The lowest BCUT2D eigenvalue weighted by atomic mass is 10.0. The highest BCUT2D eigenvalue weighted by Crippen LogP contribution is 2.28. The average molecular weight is 493 g/mol. The molecule has 1 heterocycles. The number of morpholine rings is 1. The van der Waals surface area contributed by atoms with Crippen molar-refractivity contribution in [1.29, 1.82) is 0 Å². The first-order valence-corrected chi connectivity index (χ1v) is 11.9. The Morgan fingerprint density at radius 1 is 1.20 bits per heavy atom. The van der Waals surface area contributed by atoms with Gasteiger partial charge in [-0.1, -0.05) is 28.1 Å². The lowest BCUT2D eigenvalue weighted by Crippen LogP contribution is -2.44. The van der Waals surface area contributed by atoms with Gasteiger partial charge >= 0.3 is 0 Å². The van der Waals surface area contributed by atoms with Gasteiger partial charge in [0.05, 0.1) is 32.1 Å². The van der Waals surface area contributed by atoms with E-state index in [1.54, 1.807) is 18.9 Å². The van der Waals surface area contributed by atoms with Crippen molar-refractivity contribution in [2.24, 2.45) is 0 Å². The van der Waals surface area contributed by atoms with Crippen molar-refractivity contribution in [3.05, 3.63) is 57.6 Å². The normalized spacial score (nSPS) is 15.6. The smallest absolute Gasteiger partial charge is 0.230 e. The summed E-state index contributed by atoms with van der Waals surface area (Å²) in [6, 6.07) is 12.4. The highest BCUT2D eigenvalue weighted by Gasteiger charge is 2.23. The minimum Gasteiger partial charge on any atom is -0.497 e. The van der Waals surface area contributed by atoms with Gasteiger partial charge in [-0.25, -0.2) is 0 Å². The van der Waals surface area contributed by atoms with Crippen molar-refractivity contribution in [2.45, 2.75) is 24.8 Å². The molecular formula is C23H29BrN2O3S. The van der Waals surface area contributed by atoms with Gasteiger partial charge in [0, 0.05) is 29.0 Å². The Morgan fingerprint density at radius 3 is 2.57 bits per heavy atom. The Balaban J connectivity index is 1.61. The molecule has 0 aliphatic carbocycles. The summed E-state index contributed by atoms with van der Waals surface area (Å²) in [6.45, 7) is 7.87. The fourth-order valence-corrected chi connectivity index (χ4v) is 4.88. The predicted octanol–water partition coefficient (Wildman–Crippen LogP) is 4.36. The quantitative estimate of drug-likeness (QED) is 0.554. The molecule has 1 atom stereocenters. The number of rotatable bonds is 8. The average Bonchev–Trinajstić information content (AvgIpc) is 2.76. The van der Waals surface area contributed by atoms with Gasteiger partial charge in [0.2, 0.25) is 5.91 Å². The van der Waals surface area contributed by atoms with Crippen LogP contribution in [0.3, 0.4) is 0 Å². The van der Waals surface area contributed by atoms with Gasteiger partial charge in [-0.05, 0) is 54.8 Å². The number of hydrogen-bond donors (Lipinski definition) is 1. The van der Waals surface area contributed by atoms with Gasteiger partial charge in [0.25, 0.3) is 0 Å². The van der Waals surface area contributed by atoms with Crippen molar-refractivity contribution < 1.29 is 14.3 Å². The molecule has 1 fully saturated rings. The Bertz CT molecular complexity index is 854. The van der Waals surface area contributed by atoms with Crippen molar-refractivity contribution in [3.63, 3.8) is 0 Å². The molecule has 1 saturated heterocycles. The standard InChI is InChI=1S/C23H29BrN2O3S/c1-16-13-22(17(2)12-20(16)24)30-15-23(27)25-14-21(26-8-10-29-11-9-26)18-4-6-19(28-3)7-5-18/h4-7,12-13,21H,8-11,14-15H2,1-3H3,(H,25,27)/t21-/m0/s1. The van der Waals surface area contributed by atoms with E-state index in [9.17, 15) is 4.79 Å². The van der Waals surface area contributed by atoms with Crippen molar-refractivity contribution >= 4 is 33.6 Å². The molecule has 5 nitrogen and oxygen atoms in total. The molecule has 2 aromatic carbocycles. The van der Waals surface area contributed by atoms with Gasteiger partial charge in [0.1, 0.15) is 5.75 Å². The van der Waals surface area contributed by atoms with Crippen LogP contribution in [-0.2, 0) is 9.53 Å². The van der Waals surface area contributed by atoms with E-state index in [4.69, 9.17) is 9.47 Å². The first-order valence-electron chi connectivity index (χ1n) is 10.1. The summed E-state index contributed by atoms with van der Waals surface area (Å²) >= 11 is 5.14. The molecule has 0 aromatic heterocycles. The van der Waals surface area contributed by atoms with Crippen LogP contribution >= 0.6 is 27.7 Å². The highest BCUT2D eigenvalue weighted by atomic mass is 79.9. The first-order chi connectivity index (χ1) is 14.5. The first kappa shape index (κ1) is 23.1. The molecular weight excluding hydrogens is 464 g/mol. The van der Waals surface area contributed by atoms with Crippen molar-refractivity contribution in [2.75, 3.05) is 45.7 Å². The molecule has 0 radical (unpaired) electrons. The minimum atomic E-state index is 0.0479. The summed E-state index contributed by atoms with van der Waals surface area (Å²) in [5.74, 6) is 1.28. The molecule has 0 saturated carbocycles. The summed E-state index contributed by atoms with van der Waals surface area (Å²) in [6.07, 6.45) is 0. The van der Waals surface area contributed by atoms with Gasteiger partial charge in [-0.2, -0.15) is 0 Å². The summed E-state index contributed by atoms with van der Waals surface area (Å²) in [7, 11) is 1.67. The Kier molecular flexibility index (Phi) is 8.62. The number of hydrogen-bond acceptors (Lipinski definition) is 5. The number of aryl methyl sites for hydroxylation is 2. The van der Waals surface area contributed by atoms with Gasteiger partial charge in [-0.3, -0.25) is 9.69 Å². The number of ether oxygens (including phenoxy) is 2. The van der Waals surface area contributed by atoms with Crippen LogP contribution in [0.15, 0.2) is 45.8 Å². The summed E-state index contributed by atoms with van der Waals surface area (Å²) < 4.78 is 11.9. The number of benzene rings is 2. The minimum absolute atomic E-state index is 0.0479. The van der Waals surface area contributed by atoms with Crippen LogP contribution in [0.1, 0.15) is 22.7 Å². The van der Waals surface area contributed by atoms with E-state index in [2.05, 4.69) is 64.3 Å². The molecule has 1 amide bonds. The Labute approximate surface area is 191 Å². The van der Waals surface area contributed by atoms with Gasteiger partial charge < -0.3 is 14.8 Å². The lowest BCUT2D eigenvalue weighted by molar-refractivity contribution is -0.118. The summed E-state index contributed by atoms with van der Waals surface area (Å²) in [5, 5.41) is 3.14. The molecule has 0 bridgehead atoms. The number of thioether (sulfide) groups is 1. The monoisotopic (exact) mass is 492 g/mol. The Morgan fingerprint density at radius 2 is 1.90 bits per heavy atom. The maximum atomic E-state index is 12.6. The summed E-state index contributed by atoms with van der Waals surface area (Å²) in [4.78, 5) is 16.1. The molecule has 3 rings (SSSR count). The maximum absolute atomic E-state index is 12.6. The SMILES string of the molecule is COc1ccc([C@H](CNC(=O)CSc2cc(C)c(Br)cc2C)N2CCOCC2)cc1. The third kappa shape index (κ3) is 6.23. The van der Waals surface area contributed by atoms with Crippen molar-refractivity contribution in [3.8, 4) is 5.75 Å². The second-order valence-corrected chi connectivity index (χ2v) is 9.27. The molecule has 30 heavy (non-hydrogen) atoms. The molecule has 2 aromatic rings. The van der Waals surface area contributed by atoms with E-state index in [0.717, 1.165) is 41.4 Å². The number of nitrogens with zero attached hydrogens (tertiary/aromatic N) is 1. The van der Waals surface area contributed by atoms with Crippen LogP contribution in [0.5, 0.6) is 5.75 Å². The number of carbonyl (C=O) groups is 1. The van der Waals surface area contributed by atoms with E-state index >= 15 is 0 Å². The van der Waals surface area contributed by atoms with Crippen LogP contribution in [0, 0.1) is 13.8 Å². The van der Waals surface area contributed by atoms with Crippen LogP contribution in [0.4, 0.5) is 0 Å². The van der Waals surface area contributed by atoms with E-state index in [1.165, 1.54) is 16.7 Å². The van der Waals surface area contributed by atoms with Gasteiger partial charge in [-0.15, -0.1) is 11.8 Å². The highest BCUT2D eigenvalue weighted by molar-refractivity contribution is 9.10. The molecule has 162 valence electrons. The van der Waals surface area contributed by atoms with Crippen molar-refractivity contribution in [1.82, 2.24) is 10.2 Å². The molecule has 7 heteroatoms. The van der Waals surface area contributed by atoms with E-state index in [1.807, 2.05) is 12.1 Å². The largest absolute Gasteiger partial charge is 0.497 e. The summed E-state index contributed by atoms with van der Waals surface area (Å²) in [5.41, 5.74) is 3.52. The number of amides is 1. The zero-order valence-electron chi connectivity index (χ0n) is 17.7. The predicted molar refractivity (Wildman–Crippen MR) is 125 cm³/mol. The van der Waals surface area contributed by atoms with Crippen LogP contribution < -0.4 is 10.1 Å². The number of nitrogens with one attached hydrogen (secondary N) is 1.